The fourth-order valence-electron chi connectivity index (χ4n) is 2.53. The van der Waals surface area contributed by atoms with E-state index in [1.165, 1.54) is 0 Å². The van der Waals surface area contributed by atoms with E-state index < -0.39 is 11.9 Å². The molecule has 5 nitrogen and oxygen atoms in total. The third-order valence-corrected chi connectivity index (χ3v) is 3.82. The molecule has 1 aromatic carbocycles. The molecule has 114 valence electrons. The fourth-order valence-corrected chi connectivity index (χ4v) is 2.53. The lowest BCUT2D eigenvalue weighted by molar-refractivity contribution is -0.138. The Labute approximate surface area is 124 Å². The van der Waals surface area contributed by atoms with E-state index in [0.29, 0.717) is 31.1 Å². The summed E-state index contributed by atoms with van der Waals surface area (Å²) in [6.07, 6.45) is 2.24. The maximum absolute atomic E-state index is 11.9. The molecule has 5 heteroatoms. The van der Waals surface area contributed by atoms with Crippen LogP contribution in [0.1, 0.15) is 30.7 Å². The summed E-state index contributed by atoms with van der Waals surface area (Å²) < 4.78 is 5.26. The fraction of sp³-hybridized carbons (Fsp3) is 0.500. The van der Waals surface area contributed by atoms with Crippen LogP contribution in [0.4, 0.5) is 0 Å². The Morgan fingerprint density at radius 3 is 2.52 bits per heavy atom. The summed E-state index contributed by atoms with van der Waals surface area (Å²) >= 11 is 0. The van der Waals surface area contributed by atoms with E-state index in [1.54, 1.807) is 24.3 Å². The Morgan fingerprint density at radius 1 is 1.24 bits per heavy atom. The van der Waals surface area contributed by atoms with Gasteiger partial charge in [0.05, 0.1) is 5.92 Å². The highest BCUT2D eigenvalue weighted by Crippen LogP contribution is 2.19. The number of hydrogen-bond acceptors (Lipinski definition) is 3. The zero-order valence-electron chi connectivity index (χ0n) is 12.0. The first-order valence-electron chi connectivity index (χ1n) is 7.29. The standard InChI is InChI=1S/C16H21NO4/c18-15(10-12-6-8-21-9-7-12)17-11-14(16(19)20)13-4-2-1-3-5-13/h1-5,12,14H,6-11H2,(H,17,18)(H,19,20). The number of benzene rings is 1. The highest BCUT2D eigenvalue weighted by Gasteiger charge is 2.22. The molecule has 2 N–H and O–H groups in total. The predicted molar refractivity (Wildman–Crippen MR) is 78.0 cm³/mol. The Bertz CT molecular complexity index is 468. The van der Waals surface area contributed by atoms with E-state index in [4.69, 9.17) is 4.74 Å². The van der Waals surface area contributed by atoms with E-state index >= 15 is 0 Å². The Balaban J connectivity index is 1.84. The number of carbonyl (C=O) groups excluding carboxylic acids is 1. The summed E-state index contributed by atoms with van der Waals surface area (Å²) in [5, 5.41) is 12.0. The molecular weight excluding hydrogens is 270 g/mol. The van der Waals surface area contributed by atoms with Gasteiger partial charge in [-0.25, -0.2) is 0 Å². The van der Waals surface area contributed by atoms with E-state index in [1.807, 2.05) is 6.07 Å². The second-order valence-corrected chi connectivity index (χ2v) is 5.37. The van der Waals surface area contributed by atoms with Crippen LogP contribution in [0.25, 0.3) is 0 Å². The van der Waals surface area contributed by atoms with Crippen molar-refractivity contribution in [2.24, 2.45) is 5.92 Å². The maximum atomic E-state index is 11.9. The lowest BCUT2D eigenvalue weighted by Gasteiger charge is -2.21. The topological polar surface area (TPSA) is 75.6 Å². The molecule has 1 aromatic rings. The van der Waals surface area contributed by atoms with Crippen molar-refractivity contribution >= 4 is 11.9 Å². The Hall–Kier alpha value is -1.88. The van der Waals surface area contributed by atoms with Crippen LogP contribution in [0.15, 0.2) is 30.3 Å². The summed E-state index contributed by atoms with van der Waals surface area (Å²) in [5.74, 6) is -1.36. The van der Waals surface area contributed by atoms with Crippen molar-refractivity contribution in [2.75, 3.05) is 19.8 Å². The SMILES string of the molecule is O=C(CC1CCOCC1)NCC(C(=O)O)c1ccccc1. The third kappa shape index (κ3) is 4.86. The molecule has 1 fully saturated rings. The van der Waals surface area contributed by atoms with Crippen LogP contribution in [0.2, 0.25) is 0 Å². The largest absolute Gasteiger partial charge is 0.481 e. The van der Waals surface area contributed by atoms with Crippen molar-refractivity contribution in [1.82, 2.24) is 5.32 Å². The molecule has 21 heavy (non-hydrogen) atoms. The minimum atomic E-state index is -0.924. The van der Waals surface area contributed by atoms with Gasteiger partial charge in [0.1, 0.15) is 0 Å². The Kier molecular flexibility index (Phi) is 5.75. The van der Waals surface area contributed by atoms with Crippen molar-refractivity contribution in [1.29, 1.82) is 0 Å². The molecule has 1 amide bonds. The summed E-state index contributed by atoms with van der Waals surface area (Å²) in [6, 6.07) is 8.98. The van der Waals surface area contributed by atoms with Crippen LogP contribution in [-0.4, -0.2) is 36.7 Å². The Morgan fingerprint density at radius 2 is 1.90 bits per heavy atom. The van der Waals surface area contributed by atoms with E-state index in [9.17, 15) is 14.7 Å². The summed E-state index contributed by atoms with van der Waals surface area (Å²) in [4.78, 5) is 23.3. The van der Waals surface area contributed by atoms with Gasteiger partial charge in [-0.3, -0.25) is 9.59 Å². The molecular formula is C16H21NO4. The molecule has 0 bridgehead atoms. The summed E-state index contributed by atoms with van der Waals surface area (Å²) in [6.45, 7) is 1.54. The van der Waals surface area contributed by atoms with Crippen molar-refractivity contribution in [3.8, 4) is 0 Å². The number of amides is 1. The summed E-state index contributed by atoms with van der Waals surface area (Å²) in [7, 11) is 0. The number of carboxylic acid groups (broad SMARTS) is 1. The third-order valence-electron chi connectivity index (χ3n) is 3.82. The average Bonchev–Trinajstić information content (AvgIpc) is 2.49. The normalized spacial score (nSPS) is 17.1. The summed E-state index contributed by atoms with van der Waals surface area (Å²) in [5.41, 5.74) is 0.705. The minimum Gasteiger partial charge on any atom is -0.481 e. The van der Waals surface area contributed by atoms with Crippen LogP contribution < -0.4 is 5.32 Å². The molecule has 0 aromatic heterocycles. The lowest BCUT2D eigenvalue weighted by atomic mass is 9.95. The van der Waals surface area contributed by atoms with Gasteiger partial charge < -0.3 is 15.2 Å². The number of carbonyl (C=O) groups is 2. The van der Waals surface area contributed by atoms with Gasteiger partial charge in [0.25, 0.3) is 0 Å². The minimum absolute atomic E-state index is 0.0796. The van der Waals surface area contributed by atoms with Gasteiger partial charge in [-0.1, -0.05) is 30.3 Å². The van der Waals surface area contributed by atoms with Gasteiger partial charge in [0.2, 0.25) is 5.91 Å². The van der Waals surface area contributed by atoms with E-state index in [0.717, 1.165) is 12.8 Å². The molecule has 0 aliphatic carbocycles. The first-order chi connectivity index (χ1) is 10.2. The molecule has 1 aliphatic heterocycles. The van der Waals surface area contributed by atoms with Crippen molar-refractivity contribution in [3.63, 3.8) is 0 Å². The number of rotatable bonds is 6. The van der Waals surface area contributed by atoms with Gasteiger partial charge in [0, 0.05) is 26.2 Å². The smallest absolute Gasteiger partial charge is 0.312 e. The molecule has 1 aliphatic rings. The zero-order valence-corrected chi connectivity index (χ0v) is 12.0. The predicted octanol–water partition coefficient (Wildman–Crippen LogP) is 1.79. The molecule has 1 atom stereocenters. The van der Waals surface area contributed by atoms with Crippen LogP contribution in [0, 0.1) is 5.92 Å². The molecule has 0 spiro atoms. The number of hydrogen-bond donors (Lipinski definition) is 2. The molecule has 0 saturated carbocycles. The molecule has 1 heterocycles. The second kappa shape index (κ2) is 7.78. The second-order valence-electron chi connectivity index (χ2n) is 5.37. The quantitative estimate of drug-likeness (QED) is 0.838. The van der Waals surface area contributed by atoms with E-state index in [2.05, 4.69) is 5.32 Å². The molecule has 0 radical (unpaired) electrons. The molecule has 2 rings (SSSR count). The molecule has 1 saturated heterocycles. The monoisotopic (exact) mass is 291 g/mol. The van der Waals surface area contributed by atoms with Gasteiger partial charge in [-0.2, -0.15) is 0 Å². The van der Waals surface area contributed by atoms with Gasteiger partial charge in [-0.15, -0.1) is 0 Å². The zero-order chi connectivity index (χ0) is 15.1. The van der Waals surface area contributed by atoms with Crippen LogP contribution in [0.5, 0.6) is 0 Å². The van der Waals surface area contributed by atoms with Gasteiger partial charge in [-0.05, 0) is 24.3 Å². The first-order valence-corrected chi connectivity index (χ1v) is 7.29. The highest BCUT2D eigenvalue weighted by atomic mass is 16.5. The van der Waals surface area contributed by atoms with Crippen LogP contribution in [-0.2, 0) is 14.3 Å². The van der Waals surface area contributed by atoms with Gasteiger partial charge >= 0.3 is 5.97 Å². The van der Waals surface area contributed by atoms with Crippen molar-refractivity contribution in [3.05, 3.63) is 35.9 Å². The van der Waals surface area contributed by atoms with E-state index in [-0.39, 0.29) is 12.5 Å². The number of carboxylic acids is 1. The van der Waals surface area contributed by atoms with Gasteiger partial charge in [0.15, 0.2) is 0 Å². The van der Waals surface area contributed by atoms with Crippen molar-refractivity contribution in [2.45, 2.75) is 25.2 Å². The number of aliphatic carboxylic acids is 1. The van der Waals surface area contributed by atoms with Crippen LogP contribution in [0.3, 0.4) is 0 Å². The lowest BCUT2D eigenvalue weighted by Crippen LogP contribution is -2.33. The van der Waals surface area contributed by atoms with Crippen LogP contribution >= 0.6 is 0 Å². The number of ether oxygens (including phenoxy) is 1. The highest BCUT2D eigenvalue weighted by molar-refractivity contribution is 5.79. The molecule has 1 unspecified atom stereocenters. The number of nitrogens with one attached hydrogen (secondary N) is 1. The first kappa shape index (κ1) is 15.5. The maximum Gasteiger partial charge on any atom is 0.312 e. The van der Waals surface area contributed by atoms with Crippen molar-refractivity contribution < 1.29 is 19.4 Å². The average molecular weight is 291 g/mol.